The van der Waals surface area contributed by atoms with E-state index in [0.29, 0.717) is 5.56 Å². The zero-order chi connectivity index (χ0) is 14.9. The number of nitrogens with one attached hydrogen (secondary N) is 1. The van der Waals surface area contributed by atoms with E-state index in [1.165, 1.54) is 11.3 Å². The van der Waals surface area contributed by atoms with Crippen LogP contribution in [0.1, 0.15) is 29.2 Å². The Kier molecular flexibility index (Phi) is 4.63. The number of hydrogen-bond acceptors (Lipinski definition) is 4. The molecule has 1 N–H and O–H groups in total. The maximum absolute atomic E-state index is 12.4. The van der Waals surface area contributed by atoms with Crippen LogP contribution in [0, 0.1) is 13.8 Å². The van der Waals surface area contributed by atoms with Crippen molar-refractivity contribution < 1.29 is 8.42 Å². The molecule has 0 aliphatic rings. The lowest BCUT2D eigenvalue weighted by atomic mass is 10.2. The van der Waals surface area contributed by atoms with Crippen LogP contribution in [0.15, 0.2) is 32.9 Å². The molecule has 1 atom stereocenters. The van der Waals surface area contributed by atoms with Crippen LogP contribution in [0.3, 0.4) is 0 Å². The first-order chi connectivity index (χ1) is 9.29. The lowest BCUT2D eigenvalue weighted by molar-refractivity contribution is 0.565. The highest BCUT2D eigenvalue weighted by Crippen LogP contribution is 2.24. The summed E-state index contributed by atoms with van der Waals surface area (Å²) in [6, 6.07) is 4.85. The smallest absolute Gasteiger partial charge is 0.241 e. The van der Waals surface area contributed by atoms with Gasteiger partial charge in [-0.25, -0.2) is 18.1 Å². The molecule has 0 bridgehead atoms. The Bertz CT molecular complexity index is 726. The predicted octanol–water partition coefficient (Wildman–Crippen LogP) is 3.56. The second kappa shape index (κ2) is 5.93. The Balaban J connectivity index is 2.29. The van der Waals surface area contributed by atoms with E-state index in [-0.39, 0.29) is 10.9 Å². The number of aryl methyl sites for hydroxylation is 2. The minimum Gasteiger partial charge on any atom is -0.245 e. The first kappa shape index (κ1) is 15.6. The zero-order valence-electron chi connectivity index (χ0n) is 11.3. The summed E-state index contributed by atoms with van der Waals surface area (Å²) in [5.74, 6) is 0. The van der Waals surface area contributed by atoms with E-state index in [1.807, 2.05) is 18.4 Å². The van der Waals surface area contributed by atoms with E-state index in [4.69, 9.17) is 0 Å². The topological polar surface area (TPSA) is 59.1 Å². The van der Waals surface area contributed by atoms with Crippen LogP contribution >= 0.6 is 27.3 Å². The van der Waals surface area contributed by atoms with E-state index in [0.717, 1.165) is 15.2 Å². The first-order valence-electron chi connectivity index (χ1n) is 6.00. The number of thiazole rings is 1. The van der Waals surface area contributed by atoms with Gasteiger partial charge in [0.05, 0.1) is 10.9 Å². The minimum absolute atomic E-state index is 0.284. The highest BCUT2D eigenvalue weighted by Gasteiger charge is 2.22. The highest BCUT2D eigenvalue weighted by atomic mass is 79.9. The van der Waals surface area contributed by atoms with E-state index in [2.05, 4.69) is 25.6 Å². The number of halogens is 1. The maximum atomic E-state index is 12.4. The molecule has 0 saturated heterocycles. The normalized spacial score (nSPS) is 13.4. The molecule has 0 aliphatic carbocycles. The minimum atomic E-state index is -3.56. The fourth-order valence-electron chi connectivity index (χ4n) is 1.78. The van der Waals surface area contributed by atoms with Crippen LogP contribution in [-0.2, 0) is 10.0 Å². The third kappa shape index (κ3) is 3.46. The van der Waals surface area contributed by atoms with Gasteiger partial charge >= 0.3 is 0 Å². The number of nitrogens with zero attached hydrogens (tertiary/aromatic N) is 1. The van der Waals surface area contributed by atoms with Gasteiger partial charge in [0.25, 0.3) is 0 Å². The molecular weight excluding hydrogens is 360 g/mol. The van der Waals surface area contributed by atoms with Crippen molar-refractivity contribution in [3.05, 3.63) is 44.3 Å². The highest BCUT2D eigenvalue weighted by molar-refractivity contribution is 9.10. The fraction of sp³-hybridized carbons (Fsp3) is 0.308. The quantitative estimate of drug-likeness (QED) is 0.889. The fourth-order valence-corrected chi connectivity index (χ4v) is 4.65. The van der Waals surface area contributed by atoms with Crippen LogP contribution in [0.4, 0.5) is 0 Å². The first-order valence-corrected chi connectivity index (χ1v) is 9.15. The Morgan fingerprint density at radius 3 is 2.65 bits per heavy atom. The van der Waals surface area contributed by atoms with Crippen molar-refractivity contribution in [2.75, 3.05) is 0 Å². The monoisotopic (exact) mass is 374 g/mol. The zero-order valence-corrected chi connectivity index (χ0v) is 14.6. The molecule has 7 heteroatoms. The molecule has 20 heavy (non-hydrogen) atoms. The summed E-state index contributed by atoms with van der Waals surface area (Å²) in [6.45, 7) is 5.46. The summed E-state index contributed by atoms with van der Waals surface area (Å²) < 4.78 is 28.3. The van der Waals surface area contributed by atoms with Gasteiger partial charge in [-0.05, 0) is 38.5 Å². The van der Waals surface area contributed by atoms with Crippen molar-refractivity contribution in [3.8, 4) is 0 Å². The number of benzene rings is 1. The van der Waals surface area contributed by atoms with E-state index in [1.54, 1.807) is 26.0 Å². The largest absolute Gasteiger partial charge is 0.245 e. The molecule has 108 valence electrons. The van der Waals surface area contributed by atoms with Gasteiger partial charge in [-0.2, -0.15) is 0 Å². The molecule has 0 saturated carbocycles. The molecule has 2 rings (SSSR count). The lowest BCUT2D eigenvalue weighted by Crippen LogP contribution is -2.27. The Morgan fingerprint density at radius 2 is 2.05 bits per heavy atom. The molecule has 0 fully saturated rings. The van der Waals surface area contributed by atoms with Gasteiger partial charge in [0.2, 0.25) is 10.0 Å². The van der Waals surface area contributed by atoms with Crippen LogP contribution in [0.25, 0.3) is 0 Å². The number of hydrogen-bond donors (Lipinski definition) is 1. The average Bonchev–Trinajstić information content (AvgIpc) is 2.78. The average molecular weight is 375 g/mol. The van der Waals surface area contributed by atoms with Gasteiger partial charge < -0.3 is 0 Å². The summed E-state index contributed by atoms with van der Waals surface area (Å²) in [4.78, 5) is 4.59. The van der Waals surface area contributed by atoms with Crippen LogP contribution in [0.5, 0.6) is 0 Å². The Morgan fingerprint density at radius 1 is 1.35 bits per heavy atom. The van der Waals surface area contributed by atoms with Crippen LogP contribution in [-0.4, -0.2) is 13.4 Å². The van der Waals surface area contributed by atoms with Gasteiger partial charge in [-0.1, -0.05) is 22.0 Å². The van der Waals surface area contributed by atoms with Gasteiger partial charge in [-0.15, -0.1) is 11.3 Å². The van der Waals surface area contributed by atoms with E-state index < -0.39 is 10.0 Å². The van der Waals surface area contributed by atoms with Crippen molar-refractivity contribution in [3.63, 3.8) is 0 Å². The summed E-state index contributed by atoms with van der Waals surface area (Å²) in [6.07, 6.45) is 0. The van der Waals surface area contributed by atoms with Crippen molar-refractivity contribution in [1.29, 1.82) is 0 Å². The van der Waals surface area contributed by atoms with Gasteiger partial charge in [0.1, 0.15) is 5.01 Å². The number of rotatable bonds is 4. The van der Waals surface area contributed by atoms with Gasteiger partial charge in [0.15, 0.2) is 0 Å². The lowest BCUT2D eigenvalue weighted by Gasteiger charge is -2.13. The second-order valence-corrected chi connectivity index (χ2v) is 8.07. The summed E-state index contributed by atoms with van der Waals surface area (Å²) in [5, 5.41) is 2.67. The summed E-state index contributed by atoms with van der Waals surface area (Å²) in [7, 11) is -3.56. The van der Waals surface area contributed by atoms with E-state index in [9.17, 15) is 8.42 Å². The summed E-state index contributed by atoms with van der Waals surface area (Å²) >= 11 is 4.75. The summed E-state index contributed by atoms with van der Waals surface area (Å²) in [5.41, 5.74) is 1.61. The molecule has 1 unspecified atom stereocenters. The third-order valence-corrected chi connectivity index (χ3v) is 6.10. The van der Waals surface area contributed by atoms with Gasteiger partial charge in [-0.3, -0.25) is 0 Å². The van der Waals surface area contributed by atoms with E-state index >= 15 is 0 Å². The molecule has 4 nitrogen and oxygen atoms in total. The van der Waals surface area contributed by atoms with Crippen LogP contribution < -0.4 is 4.72 Å². The predicted molar refractivity (Wildman–Crippen MR) is 84.5 cm³/mol. The van der Waals surface area contributed by atoms with Crippen LogP contribution in [0.2, 0.25) is 0 Å². The molecule has 1 aromatic heterocycles. The SMILES string of the molecule is Cc1csc(C(C)NS(=O)(=O)c2cc(Br)ccc2C)n1. The molecule has 0 spiro atoms. The van der Waals surface area contributed by atoms with Crippen molar-refractivity contribution in [2.24, 2.45) is 0 Å². The molecule has 2 aromatic rings. The Hall–Kier alpha value is -0.760. The van der Waals surface area contributed by atoms with Crippen molar-refractivity contribution in [1.82, 2.24) is 9.71 Å². The number of aromatic nitrogens is 1. The third-order valence-electron chi connectivity index (χ3n) is 2.78. The standard InChI is InChI=1S/C13H15BrN2O2S2/c1-8-4-5-11(14)6-12(8)20(17,18)16-10(3)13-15-9(2)7-19-13/h4-7,10,16H,1-3H3. The maximum Gasteiger partial charge on any atom is 0.241 e. The molecule has 0 aliphatic heterocycles. The van der Waals surface area contributed by atoms with Gasteiger partial charge in [0, 0.05) is 15.5 Å². The van der Waals surface area contributed by atoms with Crippen molar-refractivity contribution >= 4 is 37.3 Å². The Labute approximate surface area is 131 Å². The second-order valence-electron chi connectivity index (χ2n) is 4.58. The van der Waals surface area contributed by atoms with Crippen molar-refractivity contribution in [2.45, 2.75) is 31.7 Å². The number of sulfonamides is 1. The molecular formula is C13H15BrN2O2S2. The molecule has 1 heterocycles. The molecule has 0 radical (unpaired) electrons. The molecule has 1 aromatic carbocycles. The molecule has 0 amide bonds.